The number of nitrogens with zero attached hydrogens (tertiary/aromatic N) is 4. The van der Waals surface area contributed by atoms with Crippen LogP contribution in [0, 0.1) is 5.92 Å². The maximum absolute atomic E-state index is 12.9. The van der Waals surface area contributed by atoms with E-state index in [1.54, 1.807) is 24.7 Å². The summed E-state index contributed by atoms with van der Waals surface area (Å²) in [6.07, 6.45) is 4.65. The molecule has 0 aliphatic carbocycles. The van der Waals surface area contributed by atoms with Gasteiger partial charge in [-0.2, -0.15) is 4.98 Å². The van der Waals surface area contributed by atoms with E-state index in [1.807, 2.05) is 29.2 Å². The van der Waals surface area contributed by atoms with Crippen molar-refractivity contribution < 1.29 is 14.1 Å². The highest BCUT2D eigenvalue weighted by atomic mass is 35.5. The first kappa shape index (κ1) is 26.1. The minimum atomic E-state index is -2.50. The third-order valence-corrected chi connectivity index (χ3v) is 9.49. The molecule has 1 aromatic carbocycles. The zero-order valence-corrected chi connectivity index (χ0v) is 23.3. The number of carbonyl (C=O) groups excluding carboxylic acids is 1. The normalized spacial score (nSPS) is 16.7. The van der Waals surface area contributed by atoms with E-state index in [0.29, 0.717) is 53.9 Å². The fraction of sp³-hybridized carbons (Fsp3) is 0.440. The number of ether oxygens (including phenoxy) is 1. The van der Waals surface area contributed by atoms with Gasteiger partial charge in [0.2, 0.25) is 11.9 Å². The Balaban J connectivity index is 1.27. The van der Waals surface area contributed by atoms with Crippen molar-refractivity contribution in [1.82, 2.24) is 19.9 Å². The number of benzene rings is 1. The minimum absolute atomic E-state index is 0.0773. The van der Waals surface area contributed by atoms with Gasteiger partial charge in [-0.25, -0.2) is 9.97 Å². The predicted octanol–water partition coefficient (Wildman–Crippen LogP) is 4.68. The van der Waals surface area contributed by atoms with E-state index in [0.717, 1.165) is 36.7 Å². The Morgan fingerprint density at radius 2 is 1.89 bits per heavy atom. The Kier molecular flexibility index (Phi) is 7.81. The number of carbonyl (C=O) groups is 1. The maximum atomic E-state index is 12.9. The molecule has 4 heterocycles. The monoisotopic (exact) mass is 560 g/mol. The molecule has 2 aromatic heterocycles. The topological polar surface area (TPSA) is 109 Å². The van der Waals surface area contributed by atoms with Gasteiger partial charge in [-0.3, -0.25) is 10.1 Å². The molecule has 196 valence electrons. The molecule has 2 aliphatic heterocycles. The van der Waals surface area contributed by atoms with Crippen LogP contribution in [0.1, 0.15) is 23.4 Å². The lowest BCUT2D eigenvalue weighted by molar-refractivity contribution is -0.138. The fourth-order valence-corrected chi connectivity index (χ4v) is 6.91. The number of rotatable bonds is 6. The van der Waals surface area contributed by atoms with Crippen molar-refractivity contribution in [2.45, 2.75) is 25.7 Å². The van der Waals surface area contributed by atoms with Gasteiger partial charge in [0.15, 0.2) is 10.9 Å². The van der Waals surface area contributed by atoms with Gasteiger partial charge in [0.05, 0.1) is 17.6 Å². The number of hydrogen-bond acceptors (Lipinski definition) is 9. The number of para-hydroxylation sites is 1. The zero-order chi connectivity index (χ0) is 26.0. The summed E-state index contributed by atoms with van der Waals surface area (Å²) in [5.41, 5.74) is 1.71. The molecule has 0 atom stereocenters. The standard InChI is InChI=1S/C25H30ClN6O3PS/c1-36(2,34)20-6-4-3-5-18(20)28-22-17(26)15-27-24(30-22)31-25-29-19-7-11-32(12-8-21(19)37-25)23(33)16-9-13-35-14-10-16/h3-6,15-16H,7-14H2,1-2H3,(H2,27,28,29,30,31). The highest BCUT2D eigenvalue weighted by Crippen LogP contribution is 2.38. The van der Waals surface area contributed by atoms with E-state index < -0.39 is 7.14 Å². The maximum Gasteiger partial charge on any atom is 0.231 e. The Morgan fingerprint density at radius 3 is 2.68 bits per heavy atom. The van der Waals surface area contributed by atoms with E-state index in [9.17, 15) is 9.36 Å². The quantitative estimate of drug-likeness (QED) is 0.418. The summed E-state index contributed by atoms with van der Waals surface area (Å²) < 4.78 is 18.1. The number of thiazole rings is 1. The van der Waals surface area contributed by atoms with Gasteiger partial charge in [-0.1, -0.05) is 23.7 Å². The summed E-state index contributed by atoms with van der Waals surface area (Å²) in [7, 11) is -2.50. The van der Waals surface area contributed by atoms with Crippen LogP contribution in [0.15, 0.2) is 30.5 Å². The number of halogens is 1. The number of amides is 1. The third-order valence-electron chi connectivity index (χ3n) is 6.59. The summed E-state index contributed by atoms with van der Waals surface area (Å²) in [5.74, 6) is 1.10. The molecule has 2 aliphatic rings. The Hall–Kier alpha value is -2.52. The second-order valence-corrected chi connectivity index (χ2v) is 14.3. The molecule has 0 saturated carbocycles. The van der Waals surface area contributed by atoms with E-state index in [4.69, 9.17) is 21.3 Å². The Morgan fingerprint density at radius 1 is 1.14 bits per heavy atom. The van der Waals surface area contributed by atoms with E-state index in [-0.39, 0.29) is 11.8 Å². The molecule has 0 bridgehead atoms. The van der Waals surface area contributed by atoms with Crippen LogP contribution in [-0.2, 0) is 26.9 Å². The van der Waals surface area contributed by atoms with Crippen molar-refractivity contribution in [1.29, 1.82) is 0 Å². The van der Waals surface area contributed by atoms with Gasteiger partial charge in [-0.05, 0) is 38.3 Å². The molecule has 1 amide bonds. The molecule has 5 rings (SSSR count). The van der Waals surface area contributed by atoms with Crippen molar-refractivity contribution >= 4 is 63.9 Å². The molecule has 12 heteroatoms. The summed E-state index contributed by atoms with van der Waals surface area (Å²) in [6.45, 7) is 6.18. The molecule has 0 unspecified atom stereocenters. The molecular weight excluding hydrogens is 531 g/mol. The zero-order valence-electron chi connectivity index (χ0n) is 20.9. The number of hydrogen-bond donors (Lipinski definition) is 2. The van der Waals surface area contributed by atoms with Crippen molar-refractivity contribution in [3.05, 3.63) is 46.1 Å². The van der Waals surface area contributed by atoms with E-state index in [2.05, 4.69) is 20.6 Å². The molecule has 0 spiro atoms. The number of aromatic nitrogens is 3. The average Bonchev–Trinajstić information content (AvgIpc) is 3.16. The predicted molar refractivity (Wildman–Crippen MR) is 149 cm³/mol. The molecular formula is C25H30ClN6O3PS. The SMILES string of the molecule is CP(C)(=O)c1ccccc1Nc1nc(Nc2nc3c(s2)CCN(C(=O)C2CCOCC2)CC3)ncc1Cl. The summed E-state index contributed by atoms with van der Waals surface area (Å²) in [5, 5.41) is 8.20. The first-order valence-electron chi connectivity index (χ1n) is 12.3. The van der Waals surface area contributed by atoms with Gasteiger partial charge < -0.3 is 19.5 Å². The fourth-order valence-electron chi connectivity index (χ4n) is 4.63. The molecule has 1 saturated heterocycles. The molecule has 1 fully saturated rings. The van der Waals surface area contributed by atoms with Crippen LogP contribution in [0.25, 0.3) is 0 Å². The van der Waals surface area contributed by atoms with Gasteiger partial charge in [-0.15, -0.1) is 11.3 Å². The smallest absolute Gasteiger partial charge is 0.231 e. The molecule has 0 radical (unpaired) electrons. The molecule has 37 heavy (non-hydrogen) atoms. The first-order valence-corrected chi connectivity index (χ1v) is 16.1. The van der Waals surface area contributed by atoms with Crippen molar-refractivity contribution in [2.24, 2.45) is 5.92 Å². The van der Waals surface area contributed by atoms with Gasteiger partial charge in [0, 0.05) is 55.2 Å². The van der Waals surface area contributed by atoms with Crippen LogP contribution in [0.2, 0.25) is 5.02 Å². The van der Waals surface area contributed by atoms with Gasteiger partial charge in [0.1, 0.15) is 12.2 Å². The van der Waals surface area contributed by atoms with E-state index in [1.165, 1.54) is 11.1 Å². The highest BCUT2D eigenvalue weighted by molar-refractivity contribution is 7.70. The van der Waals surface area contributed by atoms with Gasteiger partial charge in [0.25, 0.3) is 0 Å². The molecule has 2 N–H and O–H groups in total. The summed E-state index contributed by atoms with van der Waals surface area (Å²) in [4.78, 5) is 29.7. The summed E-state index contributed by atoms with van der Waals surface area (Å²) >= 11 is 7.94. The van der Waals surface area contributed by atoms with Crippen molar-refractivity contribution in [3.63, 3.8) is 0 Å². The largest absolute Gasteiger partial charge is 0.381 e. The molecule has 3 aromatic rings. The molecule has 9 nitrogen and oxygen atoms in total. The minimum Gasteiger partial charge on any atom is -0.381 e. The lowest BCUT2D eigenvalue weighted by atomic mass is 9.98. The second kappa shape index (κ2) is 11.1. The first-order chi connectivity index (χ1) is 17.8. The Labute approximate surface area is 225 Å². The lowest BCUT2D eigenvalue weighted by Gasteiger charge is -2.28. The van der Waals surface area contributed by atoms with Crippen LogP contribution in [0.3, 0.4) is 0 Å². The van der Waals surface area contributed by atoms with Crippen molar-refractivity contribution in [2.75, 3.05) is 50.3 Å². The van der Waals surface area contributed by atoms with Crippen LogP contribution < -0.4 is 15.9 Å². The van der Waals surface area contributed by atoms with Crippen LogP contribution in [0.5, 0.6) is 0 Å². The number of nitrogens with one attached hydrogen (secondary N) is 2. The van der Waals surface area contributed by atoms with Crippen LogP contribution in [-0.4, -0.2) is 65.4 Å². The number of fused-ring (bicyclic) bond motifs is 1. The third kappa shape index (κ3) is 6.14. The van der Waals surface area contributed by atoms with E-state index >= 15 is 0 Å². The van der Waals surface area contributed by atoms with Gasteiger partial charge >= 0.3 is 0 Å². The van der Waals surface area contributed by atoms with Crippen LogP contribution >= 0.6 is 30.1 Å². The second-order valence-electron chi connectivity index (χ2n) is 9.61. The number of anilines is 4. The van der Waals surface area contributed by atoms with Crippen LogP contribution in [0.4, 0.5) is 22.6 Å². The lowest BCUT2D eigenvalue weighted by Crippen LogP contribution is -2.40. The highest BCUT2D eigenvalue weighted by Gasteiger charge is 2.28. The summed E-state index contributed by atoms with van der Waals surface area (Å²) in [6, 6.07) is 7.44. The Bertz CT molecular complexity index is 1310. The average molecular weight is 561 g/mol. The van der Waals surface area contributed by atoms with Crippen molar-refractivity contribution in [3.8, 4) is 0 Å².